The molecule has 0 spiro atoms. The molecule has 1 aromatic carbocycles. The van der Waals surface area contributed by atoms with E-state index in [0.717, 1.165) is 6.42 Å². The van der Waals surface area contributed by atoms with Gasteiger partial charge in [0.2, 0.25) is 0 Å². The molecule has 1 aromatic rings. The van der Waals surface area contributed by atoms with Gasteiger partial charge in [0.1, 0.15) is 11.4 Å². The van der Waals surface area contributed by atoms with Gasteiger partial charge in [-0.05, 0) is 24.3 Å². The Bertz CT molecular complexity index is 490. The van der Waals surface area contributed by atoms with Gasteiger partial charge in [0, 0.05) is 18.2 Å². The fraction of sp³-hybridized carbons (Fsp3) is 0.600. The van der Waals surface area contributed by atoms with Crippen molar-refractivity contribution in [3.05, 3.63) is 28.3 Å². The van der Waals surface area contributed by atoms with Gasteiger partial charge in [-0.1, -0.05) is 26.7 Å². The molecule has 1 fully saturated rings. The molecule has 5 nitrogen and oxygen atoms in total. The smallest absolute Gasteiger partial charge is 0.292 e. The zero-order valence-electron chi connectivity index (χ0n) is 12.3. The van der Waals surface area contributed by atoms with Crippen LogP contribution in [0.5, 0.6) is 5.75 Å². The van der Waals surface area contributed by atoms with Crippen LogP contribution in [0, 0.1) is 22.0 Å². The van der Waals surface area contributed by atoms with Crippen molar-refractivity contribution in [1.29, 1.82) is 0 Å². The topological polar surface area (TPSA) is 64.4 Å². The lowest BCUT2D eigenvalue weighted by atomic mass is 9.78. The minimum Gasteiger partial charge on any atom is -0.497 e. The zero-order valence-corrected chi connectivity index (χ0v) is 12.3. The fourth-order valence-corrected chi connectivity index (χ4v) is 2.90. The summed E-state index contributed by atoms with van der Waals surface area (Å²) in [4.78, 5) is 10.8. The highest BCUT2D eigenvalue weighted by Gasteiger charge is 2.28. The summed E-state index contributed by atoms with van der Waals surface area (Å²) in [5, 5.41) is 14.5. The maximum Gasteiger partial charge on any atom is 0.292 e. The highest BCUT2D eigenvalue weighted by atomic mass is 16.6. The molecular formula is C15H22N2O3. The highest BCUT2D eigenvalue weighted by Crippen LogP contribution is 2.35. The maximum atomic E-state index is 11.1. The van der Waals surface area contributed by atoms with Crippen LogP contribution in [0.1, 0.15) is 33.1 Å². The highest BCUT2D eigenvalue weighted by molar-refractivity contribution is 5.64. The Morgan fingerprint density at radius 1 is 1.35 bits per heavy atom. The van der Waals surface area contributed by atoms with Gasteiger partial charge < -0.3 is 10.1 Å². The van der Waals surface area contributed by atoms with E-state index in [1.807, 2.05) is 0 Å². The van der Waals surface area contributed by atoms with E-state index in [1.54, 1.807) is 19.2 Å². The lowest BCUT2D eigenvalue weighted by molar-refractivity contribution is -0.384. The van der Waals surface area contributed by atoms with E-state index in [2.05, 4.69) is 19.2 Å². The van der Waals surface area contributed by atoms with Gasteiger partial charge >= 0.3 is 0 Å². The molecule has 1 aliphatic carbocycles. The molecule has 0 heterocycles. The van der Waals surface area contributed by atoms with Gasteiger partial charge in [0.15, 0.2) is 0 Å². The van der Waals surface area contributed by atoms with Gasteiger partial charge in [0.05, 0.1) is 12.0 Å². The summed E-state index contributed by atoms with van der Waals surface area (Å²) in [7, 11) is 1.57. The van der Waals surface area contributed by atoms with Crippen LogP contribution >= 0.6 is 0 Å². The van der Waals surface area contributed by atoms with Crippen LogP contribution in [-0.2, 0) is 0 Å². The summed E-state index contributed by atoms with van der Waals surface area (Å²) in [6.45, 7) is 4.46. The van der Waals surface area contributed by atoms with Crippen LogP contribution in [0.25, 0.3) is 0 Å². The number of hydrogen-bond donors (Lipinski definition) is 1. The van der Waals surface area contributed by atoms with Crippen molar-refractivity contribution in [2.75, 3.05) is 12.4 Å². The first-order chi connectivity index (χ1) is 9.52. The third kappa shape index (κ3) is 3.03. The summed E-state index contributed by atoms with van der Waals surface area (Å²) in [6, 6.07) is 5.11. The van der Waals surface area contributed by atoms with E-state index in [4.69, 9.17) is 4.74 Å². The Morgan fingerprint density at radius 2 is 2.10 bits per heavy atom. The van der Waals surface area contributed by atoms with Crippen molar-refractivity contribution in [2.45, 2.75) is 39.2 Å². The van der Waals surface area contributed by atoms with E-state index >= 15 is 0 Å². The first-order valence-electron chi connectivity index (χ1n) is 7.12. The Morgan fingerprint density at radius 3 is 2.75 bits per heavy atom. The molecule has 20 heavy (non-hydrogen) atoms. The molecule has 3 atom stereocenters. The Balaban J connectivity index is 2.24. The van der Waals surface area contributed by atoms with Crippen molar-refractivity contribution < 1.29 is 9.66 Å². The molecule has 110 valence electrons. The van der Waals surface area contributed by atoms with E-state index in [0.29, 0.717) is 23.3 Å². The van der Waals surface area contributed by atoms with E-state index in [1.165, 1.54) is 18.9 Å². The van der Waals surface area contributed by atoms with Gasteiger partial charge in [-0.3, -0.25) is 10.1 Å². The predicted octanol–water partition coefficient (Wildman–Crippen LogP) is 3.84. The number of anilines is 1. The van der Waals surface area contributed by atoms with Crippen molar-refractivity contribution in [3.63, 3.8) is 0 Å². The number of rotatable bonds is 4. The monoisotopic (exact) mass is 278 g/mol. The second kappa shape index (κ2) is 6.11. The van der Waals surface area contributed by atoms with Crippen molar-refractivity contribution >= 4 is 11.4 Å². The van der Waals surface area contributed by atoms with Gasteiger partial charge in [0.25, 0.3) is 5.69 Å². The van der Waals surface area contributed by atoms with Gasteiger partial charge in [-0.25, -0.2) is 0 Å². The third-order valence-corrected chi connectivity index (χ3v) is 4.45. The molecule has 3 unspecified atom stereocenters. The quantitative estimate of drug-likeness (QED) is 0.671. The summed E-state index contributed by atoms with van der Waals surface area (Å²) in [6.07, 6.45) is 3.46. The van der Waals surface area contributed by atoms with Gasteiger partial charge in [-0.2, -0.15) is 0 Å². The average molecular weight is 278 g/mol. The number of ether oxygens (including phenoxy) is 1. The number of benzene rings is 1. The summed E-state index contributed by atoms with van der Waals surface area (Å²) in [5.74, 6) is 1.79. The molecule has 5 heteroatoms. The summed E-state index contributed by atoms with van der Waals surface area (Å²) >= 11 is 0. The van der Waals surface area contributed by atoms with E-state index in [-0.39, 0.29) is 16.7 Å². The van der Waals surface area contributed by atoms with Crippen molar-refractivity contribution in [2.24, 2.45) is 11.8 Å². The number of methoxy groups -OCH3 is 1. The molecule has 1 saturated carbocycles. The standard InChI is InChI=1S/C15H22N2O3/c1-10-5-4-6-13(11(10)2)16-14-9-12(20-3)7-8-15(14)17(18)19/h7-11,13,16H,4-6H2,1-3H3. The minimum atomic E-state index is -0.349. The predicted molar refractivity (Wildman–Crippen MR) is 79.2 cm³/mol. The van der Waals surface area contributed by atoms with Crippen LogP contribution in [0.4, 0.5) is 11.4 Å². The first-order valence-corrected chi connectivity index (χ1v) is 7.12. The average Bonchev–Trinajstić information content (AvgIpc) is 2.43. The normalized spacial score (nSPS) is 26.1. The van der Waals surface area contributed by atoms with Crippen LogP contribution in [0.15, 0.2) is 18.2 Å². The summed E-state index contributed by atoms with van der Waals surface area (Å²) in [5.41, 5.74) is 0.663. The lowest BCUT2D eigenvalue weighted by Gasteiger charge is -2.35. The number of nitro benzene ring substituents is 1. The molecule has 0 bridgehead atoms. The molecule has 0 aromatic heterocycles. The van der Waals surface area contributed by atoms with Crippen LogP contribution < -0.4 is 10.1 Å². The van der Waals surface area contributed by atoms with Crippen molar-refractivity contribution in [3.8, 4) is 5.75 Å². The van der Waals surface area contributed by atoms with E-state index in [9.17, 15) is 10.1 Å². The van der Waals surface area contributed by atoms with E-state index < -0.39 is 0 Å². The molecule has 0 radical (unpaired) electrons. The lowest BCUT2D eigenvalue weighted by Crippen LogP contribution is -2.35. The molecule has 1 aliphatic rings. The molecule has 0 amide bonds. The maximum absolute atomic E-state index is 11.1. The molecular weight excluding hydrogens is 256 g/mol. The largest absolute Gasteiger partial charge is 0.497 e. The van der Waals surface area contributed by atoms with Crippen LogP contribution in [-0.4, -0.2) is 18.1 Å². The number of hydrogen-bond acceptors (Lipinski definition) is 4. The van der Waals surface area contributed by atoms with Crippen LogP contribution in [0.3, 0.4) is 0 Å². The molecule has 0 aliphatic heterocycles. The fourth-order valence-electron chi connectivity index (χ4n) is 2.90. The number of nitrogens with zero attached hydrogens (tertiary/aromatic N) is 1. The third-order valence-electron chi connectivity index (χ3n) is 4.45. The number of nitro groups is 1. The minimum absolute atomic E-state index is 0.108. The Kier molecular flexibility index (Phi) is 4.47. The van der Waals surface area contributed by atoms with Gasteiger partial charge in [-0.15, -0.1) is 0 Å². The Labute approximate surface area is 119 Å². The Hall–Kier alpha value is -1.78. The molecule has 0 saturated heterocycles. The SMILES string of the molecule is COc1ccc([N+](=O)[O-])c(NC2CCCC(C)C2C)c1. The molecule has 2 rings (SSSR count). The summed E-state index contributed by atoms with van der Waals surface area (Å²) < 4.78 is 5.16. The second-order valence-electron chi connectivity index (χ2n) is 5.66. The zero-order chi connectivity index (χ0) is 14.7. The number of nitrogens with one attached hydrogen (secondary N) is 1. The second-order valence-corrected chi connectivity index (χ2v) is 5.66. The van der Waals surface area contributed by atoms with Crippen LogP contribution in [0.2, 0.25) is 0 Å². The molecule has 1 N–H and O–H groups in total. The van der Waals surface area contributed by atoms with Crippen molar-refractivity contribution in [1.82, 2.24) is 0 Å². The first kappa shape index (κ1) is 14.6.